The zero-order valence-corrected chi connectivity index (χ0v) is 7.97. The Morgan fingerprint density at radius 2 is 2.18 bits per heavy atom. The minimum absolute atomic E-state index is 0. The number of aliphatic hydroxyl groups is 1. The predicted molar refractivity (Wildman–Crippen MR) is 42.7 cm³/mol. The fourth-order valence-electron chi connectivity index (χ4n) is 0.504. The number of aliphatic hydroxyl groups excluding tert-OH is 1. The number of nitrogens with zero attached hydrogens (tertiary/aromatic N) is 1. The molecular formula is C7H15CoN2O-. The standard InChI is InChI=1S/C7H15N2O.Co/c1-4-8-9-7(5-10)6(2)3;/h6,8,10H,1,4-5H2,2-3H3;/q-1;/b9-7+;. The van der Waals surface area contributed by atoms with Crippen molar-refractivity contribution in [3.8, 4) is 0 Å². The van der Waals surface area contributed by atoms with Gasteiger partial charge in [-0.2, -0.15) is 5.10 Å². The molecule has 0 aromatic carbocycles. The van der Waals surface area contributed by atoms with Crippen molar-refractivity contribution in [3.63, 3.8) is 0 Å². The molecule has 0 aliphatic carbocycles. The summed E-state index contributed by atoms with van der Waals surface area (Å²) in [5, 5.41) is 12.6. The molecule has 0 unspecified atom stereocenters. The van der Waals surface area contributed by atoms with E-state index in [2.05, 4.69) is 17.5 Å². The van der Waals surface area contributed by atoms with Gasteiger partial charge < -0.3 is 17.5 Å². The summed E-state index contributed by atoms with van der Waals surface area (Å²) in [4.78, 5) is 0. The van der Waals surface area contributed by atoms with Crippen LogP contribution in [0, 0.1) is 12.8 Å². The van der Waals surface area contributed by atoms with Gasteiger partial charge in [0.05, 0.1) is 12.3 Å². The topological polar surface area (TPSA) is 44.6 Å². The third-order valence-electron chi connectivity index (χ3n) is 1.16. The van der Waals surface area contributed by atoms with Crippen molar-refractivity contribution in [2.24, 2.45) is 11.0 Å². The monoisotopic (exact) mass is 202 g/mol. The summed E-state index contributed by atoms with van der Waals surface area (Å²) in [5.74, 6) is 0.295. The Hall–Kier alpha value is -0.0635. The number of rotatable bonds is 4. The number of nitrogens with one attached hydrogen (secondary N) is 1. The van der Waals surface area contributed by atoms with E-state index in [4.69, 9.17) is 5.11 Å². The van der Waals surface area contributed by atoms with Crippen molar-refractivity contribution in [2.45, 2.75) is 13.8 Å². The van der Waals surface area contributed by atoms with Crippen LogP contribution >= 0.6 is 0 Å². The van der Waals surface area contributed by atoms with Crippen molar-refractivity contribution in [1.29, 1.82) is 0 Å². The van der Waals surface area contributed by atoms with Gasteiger partial charge in [-0.25, -0.2) is 0 Å². The van der Waals surface area contributed by atoms with Crippen molar-refractivity contribution < 1.29 is 21.9 Å². The smallest absolute Gasteiger partial charge is 0.0833 e. The molecule has 0 rings (SSSR count). The molecule has 0 saturated carbocycles. The van der Waals surface area contributed by atoms with E-state index in [1.54, 1.807) is 0 Å². The Balaban J connectivity index is 0. The zero-order valence-electron chi connectivity index (χ0n) is 6.93. The fourth-order valence-corrected chi connectivity index (χ4v) is 0.504. The molecule has 1 radical (unpaired) electrons. The Kier molecular flexibility index (Phi) is 9.88. The maximum atomic E-state index is 8.73. The Morgan fingerprint density at radius 3 is 2.45 bits per heavy atom. The van der Waals surface area contributed by atoms with Crippen LogP contribution in [0.2, 0.25) is 0 Å². The van der Waals surface area contributed by atoms with Crippen LogP contribution in [0.15, 0.2) is 5.10 Å². The molecule has 0 fully saturated rings. The van der Waals surface area contributed by atoms with Crippen LogP contribution in [0.3, 0.4) is 0 Å². The number of hydrazone groups is 1. The molecule has 0 aliphatic rings. The van der Waals surface area contributed by atoms with Crippen LogP contribution in [0.1, 0.15) is 13.8 Å². The second kappa shape index (κ2) is 8.04. The van der Waals surface area contributed by atoms with Gasteiger partial charge in [0.1, 0.15) is 0 Å². The van der Waals surface area contributed by atoms with Crippen LogP contribution in [0.5, 0.6) is 0 Å². The van der Waals surface area contributed by atoms with Crippen LogP contribution in [-0.2, 0) is 16.8 Å². The summed E-state index contributed by atoms with van der Waals surface area (Å²) >= 11 is 0. The first-order valence-electron chi connectivity index (χ1n) is 3.41. The fraction of sp³-hybridized carbons (Fsp3) is 0.714. The van der Waals surface area contributed by atoms with Crippen LogP contribution in [0.4, 0.5) is 0 Å². The Bertz CT molecular complexity index is 115. The number of hydrogen-bond acceptors (Lipinski definition) is 3. The maximum Gasteiger partial charge on any atom is 0.0833 e. The molecule has 3 nitrogen and oxygen atoms in total. The van der Waals surface area contributed by atoms with Crippen molar-refractivity contribution >= 4 is 5.71 Å². The van der Waals surface area contributed by atoms with Crippen molar-refractivity contribution in [1.82, 2.24) is 5.43 Å². The van der Waals surface area contributed by atoms with Gasteiger partial charge in [-0.1, -0.05) is 20.4 Å². The van der Waals surface area contributed by atoms with Crippen LogP contribution < -0.4 is 5.43 Å². The molecule has 11 heavy (non-hydrogen) atoms. The van der Waals surface area contributed by atoms with E-state index in [0.717, 1.165) is 5.71 Å². The summed E-state index contributed by atoms with van der Waals surface area (Å²) < 4.78 is 0. The summed E-state index contributed by atoms with van der Waals surface area (Å²) in [5.41, 5.74) is 3.46. The molecule has 0 aliphatic heterocycles. The molecule has 0 bridgehead atoms. The molecule has 0 atom stereocenters. The average Bonchev–Trinajstić information content (AvgIpc) is 1.89. The second-order valence-electron chi connectivity index (χ2n) is 2.32. The maximum absolute atomic E-state index is 8.73. The van der Waals surface area contributed by atoms with E-state index in [9.17, 15) is 0 Å². The second-order valence-corrected chi connectivity index (χ2v) is 2.32. The Labute approximate surface area is 78.5 Å². The molecule has 0 heterocycles. The van der Waals surface area contributed by atoms with Gasteiger partial charge in [0.15, 0.2) is 0 Å². The minimum atomic E-state index is 0. The van der Waals surface area contributed by atoms with E-state index in [1.165, 1.54) is 0 Å². The average molecular weight is 202 g/mol. The van der Waals surface area contributed by atoms with Crippen molar-refractivity contribution in [3.05, 3.63) is 6.92 Å². The first kappa shape index (κ1) is 13.5. The van der Waals surface area contributed by atoms with Gasteiger partial charge in [0.25, 0.3) is 0 Å². The van der Waals surface area contributed by atoms with E-state index in [1.807, 2.05) is 13.8 Å². The molecule has 4 heteroatoms. The third kappa shape index (κ3) is 6.34. The van der Waals surface area contributed by atoms with Crippen LogP contribution in [0.25, 0.3) is 0 Å². The normalized spacial score (nSPS) is 11.2. The first-order valence-corrected chi connectivity index (χ1v) is 3.41. The Morgan fingerprint density at radius 1 is 1.64 bits per heavy atom. The molecule has 0 aromatic heterocycles. The van der Waals surface area contributed by atoms with E-state index in [0.29, 0.717) is 12.5 Å². The first-order chi connectivity index (χ1) is 4.72. The van der Waals surface area contributed by atoms with Crippen molar-refractivity contribution in [2.75, 3.05) is 13.2 Å². The van der Waals surface area contributed by atoms with Gasteiger partial charge in [-0.05, 0) is 5.92 Å². The molecule has 69 valence electrons. The van der Waals surface area contributed by atoms with E-state index < -0.39 is 0 Å². The van der Waals surface area contributed by atoms with Gasteiger partial charge in [-0.3, -0.25) is 0 Å². The molecule has 0 spiro atoms. The van der Waals surface area contributed by atoms with Gasteiger partial charge in [0, 0.05) is 16.8 Å². The predicted octanol–water partition coefficient (Wildman–Crippen LogP) is 0.412. The summed E-state index contributed by atoms with van der Waals surface area (Å²) in [6.07, 6.45) is 0. The third-order valence-corrected chi connectivity index (χ3v) is 1.16. The zero-order chi connectivity index (χ0) is 7.98. The molecule has 2 N–H and O–H groups in total. The van der Waals surface area contributed by atoms with Crippen LogP contribution in [-0.4, -0.2) is 24.0 Å². The van der Waals surface area contributed by atoms with E-state index in [-0.39, 0.29) is 23.4 Å². The van der Waals surface area contributed by atoms with Gasteiger partial charge in [0.2, 0.25) is 0 Å². The summed E-state index contributed by atoms with van der Waals surface area (Å²) in [6, 6.07) is 0. The molecular weight excluding hydrogens is 187 g/mol. The van der Waals surface area contributed by atoms with Gasteiger partial charge >= 0.3 is 0 Å². The SMILES string of the molecule is [CH2-]CN/N=C(\CO)C(C)C.[Co]. The number of hydrogen-bond donors (Lipinski definition) is 2. The minimum Gasteiger partial charge on any atom is -0.390 e. The molecule has 0 aromatic rings. The van der Waals surface area contributed by atoms with Gasteiger partial charge in [-0.15, -0.1) is 0 Å². The summed E-state index contributed by atoms with van der Waals surface area (Å²) in [6.45, 7) is 8.09. The quantitative estimate of drug-likeness (QED) is 0.394. The summed E-state index contributed by atoms with van der Waals surface area (Å²) in [7, 11) is 0. The largest absolute Gasteiger partial charge is 0.390 e. The van der Waals surface area contributed by atoms with E-state index >= 15 is 0 Å². The molecule has 0 amide bonds. The molecule has 0 saturated heterocycles.